The number of benzene rings is 1. The van der Waals surface area contributed by atoms with Gasteiger partial charge in [0, 0.05) is 30.3 Å². The first-order chi connectivity index (χ1) is 12.6. The molecule has 136 valence electrons. The van der Waals surface area contributed by atoms with E-state index in [0.29, 0.717) is 17.6 Å². The van der Waals surface area contributed by atoms with Crippen LogP contribution in [-0.2, 0) is 16.1 Å². The van der Waals surface area contributed by atoms with Crippen molar-refractivity contribution in [3.8, 4) is 11.3 Å². The van der Waals surface area contributed by atoms with Gasteiger partial charge in [0.15, 0.2) is 5.13 Å². The molecule has 2 aromatic rings. The van der Waals surface area contributed by atoms with Crippen molar-refractivity contribution in [2.24, 2.45) is 17.8 Å². The number of nitrogens with one attached hydrogen (secondary N) is 2. The van der Waals surface area contributed by atoms with Crippen LogP contribution in [0.15, 0.2) is 29.6 Å². The summed E-state index contributed by atoms with van der Waals surface area (Å²) in [5.74, 6) is 1.62. The average Bonchev–Trinajstić information content (AvgIpc) is 3.37. The van der Waals surface area contributed by atoms with E-state index in [4.69, 9.17) is 0 Å². The minimum Gasteiger partial charge on any atom is -0.352 e. The molecule has 4 rings (SSSR count). The van der Waals surface area contributed by atoms with Crippen molar-refractivity contribution in [3.05, 3.63) is 35.2 Å². The Kier molecular flexibility index (Phi) is 4.76. The van der Waals surface area contributed by atoms with Crippen LogP contribution in [0.4, 0.5) is 5.13 Å². The van der Waals surface area contributed by atoms with Gasteiger partial charge in [0.25, 0.3) is 0 Å². The van der Waals surface area contributed by atoms with Gasteiger partial charge in [0.05, 0.1) is 5.69 Å². The van der Waals surface area contributed by atoms with Gasteiger partial charge < -0.3 is 10.6 Å². The highest BCUT2D eigenvalue weighted by atomic mass is 32.1. The SMILES string of the molecule is CC(=O)NCc1ccc(-c2csc(NC(=O)[C@H]3C[C@H]4CC[C@H]3C4)n2)cc1. The first-order valence-corrected chi connectivity index (χ1v) is 10.1. The van der Waals surface area contributed by atoms with Crippen molar-refractivity contribution >= 4 is 28.3 Å². The molecule has 2 bridgehead atoms. The number of rotatable bonds is 5. The Bertz CT molecular complexity index is 815. The fourth-order valence-electron chi connectivity index (χ4n) is 4.25. The summed E-state index contributed by atoms with van der Waals surface area (Å²) in [6.45, 7) is 2.04. The molecule has 2 saturated carbocycles. The first kappa shape index (κ1) is 17.2. The fraction of sp³-hybridized carbons (Fsp3) is 0.450. The Labute approximate surface area is 157 Å². The fourth-order valence-corrected chi connectivity index (χ4v) is 4.97. The van der Waals surface area contributed by atoms with Gasteiger partial charge in [-0.05, 0) is 36.7 Å². The van der Waals surface area contributed by atoms with Crippen molar-refractivity contribution in [1.29, 1.82) is 0 Å². The summed E-state index contributed by atoms with van der Waals surface area (Å²) in [6, 6.07) is 7.96. The largest absolute Gasteiger partial charge is 0.352 e. The molecule has 0 saturated heterocycles. The predicted octanol–water partition coefficient (Wildman–Crippen LogP) is 3.82. The maximum Gasteiger partial charge on any atom is 0.229 e. The molecule has 1 aromatic heterocycles. The predicted molar refractivity (Wildman–Crippen MR) is 103 cm³/mol. The summed E-state index contributed by atoms with van der Waals surface area (Å²) in [6.07, 6.45) is 4.78. The summed E-state index contributed by atoms with van der Waals surface area (Å²) >= 11 is 1.47. The third kappa shape index (κ3) is 3.65. The molecule has 2 aliphatic carbocycles. The summed E-state index contributed by atoms with van der Waals surface area (Å²) in [4.78, 5) is 28.1. The number of amides is 2. The third-order valence-electron chi connectivity index (χ3n) is 5.60. The number of nitrogens with zero attached hydrogens (tertiary/aromatic N) is 1. The lowest BCUT2D eigenvalue weighted by molar-refractivity contribution is -0.121. The molecule has 2 N–H and O–H groups in total. The molecule has 2 aliphatic rings. The van der Waals surface area contributed by atoms with Gasteiger partial charge in [-0.25, -0.2) is 4.98 Å². The van der Waals surface area contributed by atoms with Crippen LogP contribution in [0, 0.1) is 17.8 Å². The molecule has 1 heterocycles. The lowest BCUT2D eigenvalue weighted by Crippen LogP contribution is -2.27. The first-order valence-electron chi connectivity index (χ1n) is 9.18. The summed E-state index contributed by atoms with van der Waals surface area (Å²) in [7, 11) is 0. The number of hydrogen-bond donors (Lipinski definition) is 2. The Morgan fingerprint density at radius 1 is 1.19 bits per heavy atom. The highest BCUT2D eigenvalue weighted by Crippen LogP contribution is 2.48. The summed E-state index contributed by atoms with van der Waals surface area (Å²) < 4.78 is 0. The highest BCUT2D eigenvalue weighted by molar-refractivity contribution is 7.14. The van der Waals surface area contributed by atoms with Crippen LogP contribution < -0.4 is 10.6 Å². The lowest BCUT2D eigenvalue weighted by atomic mass is 9.88. The second-order valence-electron chi connectivity index (χ2n) is 7.42. The van der Waals surface area contributed by atoms with Crippen molar-refractivity contribution in [3.63, 3.8) is 0 Å². The van der Waals surface area contributed by atoms with Crippen LogP contribution in [0.1, 0.15) is 38.2 Å². The molecule has 2 amide bonds. The monoisotopic (exact) mass is 369 g/mol. The standard InChI is InChI=1S/C20H23N3O2S/c1-12(24)21-10-13-2-5-15(6-3-13)18-11-26-20(22-18)23-19(25)17-9-14-4-7-16(17)8-14/h2-3,5-6,11,14,16-17H,4,7-10H2,1H3,(H,21,24)(H,22,23,25)/t14-,16-,17-/m0/s1. The van der Waals surface area contributed by atoms with E-state index >= 15 is 0 Å². The number of thiazole rings is 1. The number of carbonyl (C=O) groups excluding carboxylic acids is 2. The number of fused-ring (bicyclic) bond motifs is 2. The van der Waals surface area contributed by atoms with Crippen LogP contribution in [0.2, 0.25) is 0 Å². The van der Waals surface area contributed by atoms with Crippen molar-refractivity contribution in [2.75, 3.05) is 5.32 Å². The molecule has 1 aromatic carbocycles. The van der Waals surface area contributed by atoms with E-state index in [1.165, 1.54) is 37.5 Å². The van der Waals surface area contributed by atoms with Crippen molar-refractivity contribution < 1.29 is 9.59 Å². The molecular weight excluding hydrogens is 346 g/mol. The molecule has 5 nitrogen and oxygen atoms in total. The molecule has 2 fully saturated rings. The molecule has 0 spiro atoms. The number of anilines is 1. The second-order valence-corrected chi connectivity index (χ2v) is 8.27. The van der Waals surface area contributed by atoms with E-state index in [-0.39, 0.29) is 17.7 Å². The Morgan fingerprint density at radius 2 is 2.00 bits per heavy atom. The Hall–Kier alpha value is -2.21. The molecular formula is C20H23N3O2S. The second kappa shape index (κ2) is 7.19. The van der Waals surface area contributed by atoms with Crippen LogP contribution in [-0.4, -0.2) is 16.8 Å². The van der Waals surface area contributed by atoms with Gasteiger partial charge in [0.2, 0.25) is 11.8 Å². The molecule has 26 heavy (non-hydrogen) atoms. The maximum atomic E-state index is 12.5. The third-order valence-corrected chi connectivity index (χ3v) is 6.36. The van der Waals surface area contributed by atoms with Gasteiger partial charge in [0.1, 0.15) is 0 Å². The minimum absolute atomic E-state index is 0.0376. The van der Waals surface area contributed by atoms with E-state index in [1.54, 1.807) is 0 Å². The van der Waals surface area contributed by atoms with Crippen molar-refractivity contribution in [1.82, 2.24) is 10.3 Å². The Morgan fingerprint density at radius 3 is 2.65 bits per heavy atom. The van der Waals surface area contributed by atoms with Crippen LogP contribution in [0.5, 0.6) is 0 Å². The van der Waals surface area contributed by atoms with Crippen LogP contribution in [0.25, 0.3) is 11.3 Å². The normalized spacial score (nSPS) is 23.8. The number of carbonyl (C=O) groups is 2. The summed E-state index contributed by atoms with van der Waals surface area (Å²) in [5, 5.41) is 8.46. The van der Waals surface area contributed by atoms with Gasteiger partial charge in [-0.3, -0.25) is 9.59 Å². The molecule has 6 heteroatoms. The quantitative estimate of drug-likeness (QED) is 0.842. The van der Waals surface area contributed by atoms with Gasteiger partial charge in [-0.15, -0.1) is 11.3 Å². The molecule has 0 radical (unpaired) electrons. The topological polar surface area (TPSA) is 71.1 Å². The average molecular weight is 369 g/mol. The minimum atomic E-state index is -0.0376. The highest BCUT2D eigenvalue weighted by Gasteiger charge is 2.43. The molecule has 3 atom stereocenters. The van der Waals surface area contributed by atoms with Crippen LogP contribution >= 0.6 is 11.3 Å². The lowest BCUT2D eigenvalue weighted by Gasteiger charge is -2.19. The van der Waals surface area contributed by atoms with E-state index < -0.39 is 0 Å². The van der Waals surface area contributed by atoms with Crippen LogP contribution in [0.3, 0.4) is 0 Å². The zero-order valence-electron chi connectivity index (χ0n) is 14.8. The Balaban J connectivity index is 1.38. The zero-order chi connectivity index (χ0) is 18.1. The smallest absolute Gasteiger partial charge is 0.229 e. The van der Waals surface area contributed by atoms with Gasteiger partial charge >= 0.3 is 0 Å². The van der Waals surface area contributed by atoms with E-state index in [0.717, 1.165) is 29.2 Å². The van der Waals surface area contributed by atoms with Gasteiger partial charge in [-0.1, -0.05) is 30.7 Å². The summed E-state index contributed by atoms with van der Waals surface area (Å²) in [5.41, 5.74) is 2.92. The zero-order valence-corrected chi connectivity index (χ0v) is 15.6. The number of aromatic nitrogens is 1. The van der Waals surface area contributed by atoms with Crippen molar-refractivity contribution in [2.45, 2.75) is 39.2 Å². The maximum absolute atomic E-state index is 12.5. The van der Waals surface area contributed by atoms with E-state index in [9.17, 15) is 9.59 Å². The van der Waals surface area contributed by atoms with E-state index in [1.807, 2.05) is 29.6 Å². The van der Waals surface area contributed by atoms with Gasteiger partial charge in [-0.2, -0.15) is 0 Å². The van der Waals surface area contributed by atoms with E-state index in [2.05, 4.69) is 15.6 Å². The molecule has 0 unspecified atom stereocenters. The number of hydrogen-bond acceptors (Lipinski definition) is 4. The molecule has 0 aliphatic heterocycles.